The number of methoxy groups -OCH3 is 1. The van der Waals surface area contributed by atoms with Gasteiger partial charge < -0.3 is 14.0 Å². The molecule has 140 valence electrons. The number of ether oxygens (including phenoxy) is 2. The maximum atomic E-state index is 11.9. The van der Waals surface area contributed by atoms with E-state index in [9.17, 15) is 9.59 Å². The molecule has 0 fully saturated rings. The Morgan fingerprint density at radius 2 is 1.88 bits per heavy atom. The molecule has 0 aliphatic carbocycles. The number of nitrogens with zero attached hydrogens (tertiary/aromatic N) is 1. The minimum atomic E-state index is -0.496. The summed E-state index contributed by atoms with van der Waals surface area (Å²) >= 11 is 0. The zero-order chi connectivity index (χ0) is 19.1. The maximum Gasteiger partial charge on any atom is 0.316 e. The summed E-state index contributed by atoms with van der Waals surface area (Å²) in [6, 6.07) is 9.22. The second-order valence-corrected chi connectivity index (χ2v) is 6.52. The topological polar surface area (TPSA) is 78.6 Å². The highest BCUT2D eigenvalue weighted by Crippen LogP contribution is 2.28. The van der Waals surface area contributed by atoms with Gasteiger partial charge in [-0.15, -0.1) is 0 Å². The lowest BCUT2D eigenvalue weighted by Crippen LogP contribution is -2.19. The molecule has 6 nitrogen and oxygen atoms in total. The molecule has 1 heterocycles. The first-order valence-corrected chi connectivity index (χ1v) is 8.69. The summed E-state index contributed by atoms with van der Waals surface area (Å²) < 4.78 is 15.7. The SMILES string of the molecule is COC(=O)C(c1cc(OCCCc2ccc(C(C)=O)cc2)no1)C(C)C. The number of aromatic nitrogens is 1. The molecular formula is C20H25NO5. The molecule has 0 saturated heterocycles. The summed E-state index contributed by atoms with van der Waals surface area (Å²) in [5, 5.41) is 3.87. The molecule has 26 heavy (non-hydrogen) atoms. The van der Waals surface area contributed by atoms with E-state index >= 15 is 0 Å². The van der Waals surface area contributed by atoms with Crippen molar-refractivity contribution in [1.82, 2.24) is 5.16 Å². The van der Waals surface area contributed by atoms with Crippen LogP contribution in [0.4, 0.5) is 0 Å². The van der Waals surface area contributed by atoms with Crippen molar-refractivity contribution in [2.75, 3.05) is 13.7 Å². The molecular weight excluding hydrogens is 334 g/mol. The number of ketones is 1. The Morgan fingerprint density at radius 1 is 1.19 bits per heavy atom. The summed E-state index contributed by atoms with van der Waals surface area (Å²) in [4.78, 5) is 23.1. The highest BCUT2D eigenvalue weighted by molar-refractivity contribution is 5.94. The lowest BCUT2D eigenvalue weighted by atomic mass is 9.93. The van der Waals surface area contributed by atoms with Gasteiger partial charge in [-0.05, 0) is 36.4 Å². The van der Waals surface area contributed by atoms with Crippen LogP contribution in [0.25, 0.3) is 0 Å². The lowest BCUT2D eigenvalue weighted by Gasteiger charge is -2.14. The van der Waals surface area contributed by atoms with Gasteiger partial charge in [0.2, 0.25) is 0 Å². The third-order valence-corrected chi connectivity index (χ3v) is 4.16. The van der Waals surface area contributed by atoms with Crippen LogP contribution < -0.4 is 4.74 Å². The van der Waals surface area contributed by atoms with E-state index in [4.69, 9.17) is 14.0 Å². The minimum absolute atomic E-state index is 0.0289. The largest absolute Gasteiger partial charge is 0.475 e. The number of hydrogen-bond acceptors (Lipinski definition) is 6. The Bertz CT molecular complexity index is 733. The summed E-state index contributed by atoms with van der Waals surface area (Å²) in [7, 11) is 1.36. The molecule has 1 unspecified atom stereocenters. The Kier molecular flexibility index (Phi) is 6.95. The van der Waals surface area contributed by atoms with Crippen molar-refractivity contribution in [2.45, 2.75) is 39.5 Å². The van der Waals surface area contributed by atoms with Gasteiger partial charge in [0.1, 0.15) is 5.92 Å². The molecule has 6 heteroatoms. The number of carbonyl (C=O) groups is 2. The zero-order valence-electron chi connectivity index (χ0n) is 15.7. The molecule has 1 aromatic heterocycles. The van der Waals surface area contributed by atoms with Crippen molar-refractivity contribution < 1.29 is 23.6 Å². The van der Waals surface area contributed by atoms with Gasteiger partial charge in [-0.1, -0.05) is 38.1 Å². The number of benzene rings is 1. The average molecular weight is 359 g/mol. The van der Waals surface area contributed by atoms with Gasteiger partial charge in [-0.3, -0.25) is 9.59 Å². The summed E-state index contributed by atoms with van der Waals surface area (Å²) in [6.07, 6.45) is 1.63. The third kappa shape index (κ3) is 5.18. The van der Waals surface area contributed by atoms with Gasteiger partial charge in [-0.2, -0.15) is 0 Å². The molecule has 2 aromatic rings. The second-order valence-electron chi connectivity index (χ2n) is 6.52. The van der Waals surface area contributed by atoms with Crippen LogP contribution in [0.2, 0.25) is 0 Å². The first kappa shape index (κ1) is 19.7. The van der Waals surface area contributed by atoms with Crippen molar-refractivity contribution >= 4 is 11.8 Å². The number of Topliss-reactive ketones (excluding diaryl/α,β-unsaturated/α-hetero) is 1. The van der Waals surface area contributed by atoms with Crippen LogP contribution in [0, 0.1) is 5.92 Å². The number of aryl methyl sites for hydroxylation is 1. The van der Waals surface area contributed by atoms with E-state index in [1.54, 1.807) is 13.0 Å². The summed E-state index contributed by atoms with van der Waals surface area (Å²) in [5.74, 6) is 0.0547. The number of hydrogen-bond donors (Lipinski definition) is 0. The van der Waals surface area contributed by atoms with E-state index in [2.05, 4.69) is 5.16 Å². The minimum Gasteiger partial charge on any atom is -0.475 e. The normalized spacial score (nSPS) is 12.0. The predicted molar refractivity (Wildman–Crippen MR) is 96.4 cm³/mol. The highest BCUT2D eigenvalue weighted by Gasteiger charge is 2.29. The Balaban J connectivity index is 1.84. The molecule has 0 radical (unpaired) electrons. The third-order valence-electron chi connectivity index (χ3n) is 4.16. The van der Waals surface area contributed by atoms with Gasteiger partial charge in [0.15, 0.2) is 11.5 Å². The van der Waals surface area contributed by atoms with Crippen LogP contribution in [0.3, 0.4) is 0 Å². The molecule has 0 saturated carbocycles. The maximum absolute atomic E-state index is 11.9. The van der Waals surface area contributed by atoms with E-state index < -0.39 is 5.92 Å². The summed E-state index contributed by atoms with van der Waals surface area (Å²) in [6.45, 7) is 5.87. The monoisotopic (exact) mass is 359 g/mol. The van der Waals surface area contributed by atoms with Crippen LogP contribution in [-0.4, -0.2) is 30.6 Å². The Labute approximate surface area is 153 Å². The van der Waals surface area contributed by atoms with Crippen LogP contribution >= 0.6 is 0 Å². The molecule has 0 spiro atoms. The molecule has 0 aliphatic rings. The molecule has 2 rings (SSSR count). The van der Waals surface area contributed by atoms with Crippen LogP contribution in [0.5, 0.6) is 5.88 Å². The fourth-order valence-corrected chi connectivity index (χ4v) is 2.69. The van der Waals surface area contributed by atoms with E-state index in [1.807, 2.05) is 38.1 Å². The van der Waals surface area contributed by atoms with E-state index in [0.717, 1.165) is 18.4 Å². The smallest absolute Gasteiger partial charge is 0.316 e. The zero-order valence-corrected chi connectivity index (χ0v) is 15.7. The van der Waals surface area contributed by atoms with Gasteiger partial charge in [0.05, 0.1) is 13.7 Å². The lowest BCUT2D eigenvalue weighted by molar-refractivity contribution is -0.144. The van der Waals surface area contributed by atoms with E-state index in [-0.39, 0.29) is 17.7 Å². The highest BCUT2D eigenvalue weighted by atomic mass is 16.5. The summed E-state index contributed by atoms with van der Waals surface area (Å²) in [5.41, 5.74) is 1.86. The van der Waals surface area contributed by atoms with Crippen LogP contribution in [0.15, 0.2) is 34.9 Å². The standard InChI is InChI=1S/C20H25NO5/c1-13(2)19(20(23)24-4)17-12-18(21-26-17)25-11-5-6-15-7-9-16(10-8-15)14(3)22/h7-10,12-13,19H,5-6,11H2,1-4H3. The number of rotatable bonds is 9. The molecule has 0 N–H and O–H groups in total. The number of esters is 1. The van der Waals surface area contributed by atoms with Crippen molar-refractivity contribution in [3.8, 4) is 5.88 Å². The molecule has 1 aromatic carbocycles. The Hall–Kier alpha value is -2.63. The van der Waals surface area contributed by atoms with Crippen molar-refractivity contribution in [2.24, 2.45) is 5.92 Å². The molecule has 0 bridgehead atoms. The van der Waals surface area contributed by atoms with Gasteiger partial charge in [0, 0.05) is 11.6 Å². The predicted octanol–water partition coefficient (Wildman–Crippen LogP) is 3.80. The Morgan fingerprint density at radius 3 is 2.46 bits per heavy atom. The molecule has 1 atom stereocenters. The van der Waals surface area contributed by atoms with Crippen molar-refractivity contribution in [1.29, 1.82) is 0 Å². The first-order valence-electron chi connectivity index (χ1n) is 8.69. The van der Waals surface area contributed by atoms with Crippen LogP contribution in [0.1, 0.15) is 54.8 Å². The fourth-order valence-electron chi connectivity index (χ4n) is 2.69. The van der Waals surface area contributed by atoms with Gasteiger partial charge in [0.25, 0.3) is 5.88 Å². The molecule has 0 aliphatic heterocycles. The average Bonchev–Trinajstić information content (AvgIpc) is 3.07. The number of carbonyl (C=O) groups excluding carboxylic acids is 2. The van der Waals surface area contributed by atoms with Gasteiger partial charge in [-0.25, -0.2) is 0 Å². The van der Waals surface area contributed by atoms with Crippen LogP contribution in [-0.2, 0) is 16.0 Å². The molecule has 0 amide bonds. The fraction of sp³-hybridized carbons (Fsp3) is 0.450. The van der Waals surface area contributed by atoms with E-state index in [1.165, 1.54) is 7.11 Å². The van der Waals surface area contributed by atoms with Gasteiger partial charge >= 0.3 is 5.97 Å². The van der Waals surface area contributed by atoms with Crippen molar-refractivity contribution in [3.05, 3.63) is 47.2 Å². The van der Waals surface area contributed by atoms with E-state index in [0.29, 0.717) is 23.8 Å². The van der Waals surface area contributed by atoms with Crippen molar-refractivity contribution in [3.63, 3.8) is 0 Å². The second kappa shape index (κ2) is 9.17. The quantitative estimate of drug-likeness (QED) is 0.385. The first-order chi connectivity index (χ1) is 12.4.